The Bertz CT molecular complexity index is 1030. The van der Waals surface area contributed by atoms with Crippen molar-refractivity contribution in [3.05, 3.63) is 75.6 Å². The molecule has 0 saturated heterocycles. The van der Waals surface area contributed by atoms with Crippen LogP contribution in [0.5, 0.6) is 5.75 Å². The lowest BCUT2D eigenvalue weighted by atomic mass is 10.0. The van der Waals surface area contributed by atoms with Gasteiger partial charge in [-0.25, -0.2) is 4.79 Å². The molecule has 0 spiro atoms. The quantitative estimate of drug-likeness (QED) is 0.383. The Morgan fingerprint density at radius 1 is 1.00 bits per heavy atom. The summed E-state index contributed by atoms with van der Waals surface area (Å²) in [7, 11) is 0. The molecule has 1 aliphatic rings. The van der Waals surface area contributed by atoms with Crippen LogP contribution in [0.25, 0.3) is 11.0 Å². The maximum absolute atomic E-state index is 12.5. The van der Waals surface area contributed by atoms with E-state index in [2.05, 4.69) is 0 Å². The van der Waals surface area contributed by atoms with Gasteiger partial charge in [0.2, 0.25) is 5.78 Å². The van der Waals surface area contributed by atoms with E-state index in [1.165, 1.54) is 0 Å². The zero-order valence-corrected chi connectivity index (χ0v) is 15.4. The molecule has 0 fully saturated rings. The van der Waals surface area contributed by atoms with Gasteiger partial charge in [-0.1, -0.05) is 36.8 Å². The molecule has 1 heterocycles. The fourth-order valence-electron chi connectivity index (χ4n) is 3.77. The van der Waals surface area contributed by atoms with Crippen molar-refractivity contribution < 1.29 is 13.9 Å². The lowest BCUT2D eigenvalue weighted by molar-refractivity contribution is 0.0818. The molecule has 1 aromatic heterocycles. The normalized spacial score (nSPS) is 15.0. The molecule has 0 unspecified atom stereocenters. The summed E-state index contributed by atoms with van der Waals surface area (Å²) in [6.45, 7) is 1.73. The van der Waals surface area contributed by atoms with Gasteiger partial charge in [0.1, 0.15) is 11.3 Å². The highest BCUT2D eigenvalue weighted by Gasteiger charge is 2.19. The van der Waals surface area contributed by atoms with Gasteiger partial charge < -0.3 is 9.15 Å². The van der Waals surface area contributed by atoms with Crippen LogP contribution in [0.3, 0.4) is 0 Å². The summed E-state index contributed by atoms with van der Waals surface area (Å²) in [4.78, 5) is 24.9. The van der Waals surface area contributed by atoms with Crippen LogP contribution in [0, 0.1) is 0 Å². The van der Waals surface area contributed by atoms with Crippen LogP contribution >= 0.6 is 0 Å². The lowest BCUT2D eigenvalue weighted by Gasteiger charge is -2.15. The van der Waals surface area contributed by atoms with E-state index < -0.39 is 6.10 Å². The Kier molecular flexibility index (Phi) is 4.80. The second-order valence-corrected chi connectivity index (χ2v) is 7.06. The van der Waals surface area contributed by atoms with E-state index in [4.69, 9.17) is 9.15 Å². The highest BCUT2D eigenvalue weighted by atomic mass is 16.5. The molecule has 0 N–H and O–H groups in total. The molecule has 0 aliphatic heterocycles. The van der Waals surface area contributed by atoms with Gasteiger partial charge in [0.05, 0.1) is 0 Å². The van der Waals surface area contributed by atoms with Crippen LogP contribution in [-0.4, -0.2) is 11.9 Å². The molecule has 2 aromatic carbocycles. The molecule has 4 rings (SSSR count). The summed E-state index contributed by atoms with van der Waals surface area (Å²) in [5.74, 6) is 0.440. The van der Waals surface area contributed by atoms with Crippen molar-refractivity contribution in [3.8, 4) is 5.75 Å². The standard InChI is InChI=1S/C23H22O4/c1-15(22(24)16-8-4-2-5-9-16)26-17-12-13-19-18-10-6-3-7-11-20(18)23(25)27-21(19)14-17/h2,4-5,8-9,12-15H,3,6-7,10-11H2,1H3/t15-/m1/s1. The van der Waals surface area contributed by atoms with E-state index in [-0.39, 0.29) is 11.4 Å². The minimum Gasteiger partial charge on any atom is -0.482 e. The van der Waals surface area contributed by atoms with Crippen molar-refractivity contribution in [2.45, 2.75) is 45.1 Å². The number of aryl methyl sites for hydroxylation is 1. The van der Waals surface area contributed by atoms with Gasteiger partial charge in [0.15, 0.2) is 6.10 Å². The molecule has 4 nitrogen and oxygen atoms in total. The molecule has 0 radical (unpaired) electrons. The molecular formula is C23H22O4. The fourth-order valence-corrected chi connectivity index (χ4v) is 3.77. The molecule has 0 amide bonds. The summed E-state index contributed by atoms with van der Waals surface area (Å²) in [5, 5.41) is 0.973. The Hall–Kier alpha value is -2.88. The van der Waals surface area contributed by atoms with Crippen molar-refractivity contribution in [1.82, 2.24) is 0 Å². The molecule has 3 aromatic rings. The average molecular weight is 362 g/mol. The minimum absolute atomic E-state index is 0.0842. The number of carbonyl (C=O) groups excluding carboxylic acids is 1. The zero-order valence-electron chi connectivity index (χ0n) is 15.4. The van der Waals surface area contributed by atoms with Gasteiger partial charge in [0.25, 0.3) is 0 Å². The number of benzene rings is 2. The van der Waals surface area contributed by atoms with Crippen LogP contribution in [-0.2, 0) is 12.8 Å². The maximum atomic E-state index is 12.5. The highest BCUT2D eigenvalue weighted by Crippen LogP contribution is 2.29. The van der Waals surface area contributed by atoms with E-state index >= 15 is 0 Å². The SMILES string of the molecule is C[C@@H](Oc1ccc2c3c(c(=O)oc2c1)CCCCC3)C(=O)c1ccccc1. The van der Waals surface area contributed by atoms with Crippen LogP contribution < -0.4 is 10.4 Å². The molecule has 1 aliphatic carbocycles. The van der Waals surface area contributed by atoms with Crippen molar-refractivity contribution >= 4 is 16.8 Å². The predicted octanol–water partition coefficient (Wildman–Crippen LogP) is 4.71. The van der Waals surface area contributed by atoms with Crippen LogP contribution in [0.4, 0.5) is 0 Å². The van der Waals surface area contributed by atoms with Gasteiger partial charge in [-0.2, -0.15) is 0 Å². The van der Waals surface area contributed by atoms with E-state index in [1.807, 2.05) is 30.3 Å². The average Bonchev–Trinajstić information content (AvgIpc) is 2.95. The monoisotopic (exact) mass is 362 g/mol. The molecule has 1 atom stereocenters. The summed E-state index contributed by atoms with van der Waals surface area (Å²) >= 11 is 0. The smallest absolute Gasteiger partial charge is 0.339 e. The van der Waals surface area contributed by atoms with Gasteiger partial charge in [-0.3, -0.25) is 4.79 Å². The summed E-state index contributed by atoms with van der Waals surface area (Å²) in [6.07, 6.45) is 4.32. The second-order valence-electron chi connectivity index (χ2n) is 7.06. The van der Waals surface area contributed by atoms with Crippen molar-refractivity contribution in [1.29, 1.82) is 0 Å². The van der Waals surface area contributed by atoms with Gasteiger partial charge >= 0.3 is 5.63 Å². The van der Waals surface area contributed by atoms with Crippen molar-refractivity contribution in [2.24, 2.45) is 0 Å². The number of ketones is 1. The molecule has 4 heteroatoms. The van der Waals surface area contributed by atoms with E-state index in [9.17, 15) is 9.59 Å². The van der Waals surface area contributed by atoms with E-state index in [0.29, 0.717) is 16.9 Å². The molecule has 138 valence electrons. The largest absolute Gasteiger partial charge is 0.482 e. The molecule has 0 saturated carbocycles. The summed E-state index contributed by atoms with van der Waals surface area (Å²) in [6, 6.07) is 14.6. The van der Waals surface area contributed by atoms with Gasteiger partial charge in [-0.15, -0.1) is 0 Å². The van der Waals surface area contributed by atoms with Crippen LogP contribution in [0.1, 0.15) is 47.7 Å². The molecule has 27 heavy (non-hydrogen) atoms. The predicted molar refractivity (Wildman–Crippen MR) is 105 cm³/mol. The maximum Gasteiger partial charge on any atom is 0.339 e. The van der Waals surface area contributed by atoms with Crippen molar-refractivity contribution in [2.75, 3.05) is 0 Å². The van der Waals surface area contributed by atoms with Gasteiger partial charge in [-0.05, 0) is 50.3 Å². The number of hydrogen-bond donors (Lipinski definition) is 0. The number of ether oxygens (including phenoxy) is 1. The summed E-state index contributed by atoms with van der Waals surface area (Å²) < 4.78 is 11.4. The number of rotatable bonds is 4. The number of carbonyl (C=O) groups is 1. The Morgan fingerprint density at radius 2 is 1.74 bits per heavy atom. The summed E-state index contributed by atoms with van der Waals surface area (Å²) in [5.41, 5.74) is 2.82. The van der Waals surface area contributed by atoms with Crippen molar-refractivity contribution in [3.63, 3.8) is 0 Å². The van der Waals surface area contributed by atoms with Crippen LogP contribution in [0.15, 0.2) is 57.7 Å². The van der Waals surface area contributed by atoms with E-state index in [0.717, 1.165) is 48.6 Å². The Balaban J connectivity index is 1.64. The minimum atomic E-state index is -0.627. The zero-order chi connectivity index (χ0) is 18.8. The Labute approximate surface area is 157 Å². The highest BCUT2D eigenvalue weighted by molar-refractivity contribution is 5.99. The van der Waals surface area contributed by atoms with E-state index in [1.54, 1.807) is 25.1 Å². The number of Topliss-reactive ketones (excluding diaryl/α,β-unsaturated/α-hetero) is 1. The fraction of sp³-hybridized carbons (Fsp3) is 0.304. The number of fused-ring (bicyclic) bond motifs is 3. The lowest BCUT2D eigenvalue weighted by Crippen LogP contribution is -2.23. The molecule has 0 bridgehead atoms. The van der Waals surface area contributed by atoms with Gasteiger partial charge in [0, 0.05) is 22.6 Å². The Morgan fingerprint density at radius 3 is 2.52 bits per heavy atom. The topological polar surface area (TPSA) is 56.5 Å². The third kappa shape index (κ3) is 3.52. The third-order valence-electron chi connectivity index (χ3n) is 5.19. The molecular weight excluding hydrogens is 340 g/mol. The number of hydrogen-bond acceptors (Lipinski definition) is 4. The second kappa shape index (κ2) is 7.39. The first-order chi connectivity index (χ1) is 13.1. The third-order valence-corrected chi connectivity index (χ3v) is 5.19. The first kappa shape index (κ1) is 17.5. The first-order valence-corrected chi connectivity index (χ1v) is 9.48. The van der Waals surface area contributed by atoms with Crippen LogP contribution in [0.2, 0.25) is 0 Å². The first-order valence-electron chi connectivity index (χ1n) is 9.48.